The van der Waals surface area contributed by atoms with Gasteiger partial charge in [-0.25, -0.2) is 4.99 Å². The van der Waals surface area contributed by atoms with Crippen molar-refractivity contribution < 1.29 is 4.79 Å². The molecular weight excluding hydrogens is 388 g/mol. The number of allylic oxidation sites excluding steroid dienone is 2. The zero-order valence-corrected chi connectivity index (χ0v) is 16.7. The number of benzene rings is 3. The second kappa shape index (κ2) is 8.46. The minimum atomic E-state index is -0.175. The SMILES string of the molecule is Nc1ccc(/N=C2\C=C(Nc3ccc(N)cc3)C(=O)C=C2Nc2ccc(N)cc2)cc1. The summed E-state index contributed by atoms with van der Waals surface area (Å²) in [5.74, 6) is -0.175. The molecule has 0 heterocycles. The van der Waals surface area contributed by atoms with Crippen molar-refractivity contribution in [1.29, 1.82) is 0 Å². The number of carbonyl (C=O) groups is 1. The van der Waals surface area contributed by atoms with Crippen molar-refractivity contribution in [2.45, 2.75) is 0 Å². The predicted octanol–water partition coefficient (Wildman–Crippen LogP) is 4.08. The third-order valence-corrected chi connectivity index (χ3v) is 4.62. The van der Waals surface area contributed by atoms with Crippen molar-refractivity contribution in [1.82, 2.24) is 0 Å². The van der Waals surface area contributed by atoms with E-state index >= 15 is 0 Å². The van der Waals surface area contributed by atoms with Gasteiger partial charge in [0.15, 0.2) is 0 Å². The standard InChI is InChI=1S/C24H22N6O/c25-15-1-7-18(8-2-15)28-21-13-23(30-20-11-5-17(27)6-12-20)24(31)14-22(21)29-19-9-3-16(26)4-10-19/h1-14,29-30H,25-27H2/b28-21+. The highest BCUT2D eigenvalue weighted by atomic mass is 16.1. The Morgan fingerprint density at radius 1 is 0.581 bits per heavy atom. The molecule has 154 valence electrons. The van der Waals surface area contributed by atoms with Crippen LogP contribution in [-0.4, -0.2) is 11.5 Å². The van der Waals surface area contributed by atoms with Gasteiger partial charge in [0.1, 0.15) is 0 Å². The average Bonchev–Trinajstić information content (AvgIpc) is 2.76. The van der Waals surface area contributed by atoms with E-state index in [-0.39, 0.29) is 5.78 Å². The van der Waals surface area contributed by atoms with Crippen molar-refractivity contribution in [3.63, 3.8) is 0 Å². The number of aliphatic imine (C=N–C) groups is 1. The molecule has 1 aliphatic carbocycles. The zero-order valence-electron chi connectivity index (χ0n) is 16.7. The lowest BCUT2D eigenvalue weighted by Gasteiger charge is -2.18. The Bertz CT molecular complexity index is 1190. The first-order chi connectivity index (χ1) is 15.0. The smallest absolute Gasteiger partial charge is 0.204 e. The summed E-state index contributed by atoms with van der Waals surface area (Å²) in [6.07, 6.45) is 3.24. The number of hydrogen-bond acceptors (Lipinski definition) is 7. The molecule has 0 unspecified atom stereocenters. The Hall–Kier alpha value is -4.52. The number of hydrogen-bond donors (Lipinski definition) is 5. The summed E-state index contributed by atoms with van der Waals surface area (Å²) in [6, 6.07) is 21.6. The minimum Gasteiger partial charge on any atom is -0.399 e. The van der Waals surface area contributed by atoms with E-state index in [1.54, 1.807) is 42.5 Å². The van der Waals surface area contributed by atoms with Crippen LogP contribution in [0, 0.1) is 0 Å². The molecule has 0 atom stereocenters. The first-order valence-electron chi connectivity index (χ1n) is 9.64. The summed E-state index contributed by atoms with van der Waals surface area (Å²) >= 11 is 0. The van der Waals surface area contributed by atoms with Gasteiger partial charge in [-0.15, -0.1) is 0 Å². The van der Waals surface area contributed by atoms with Crippen molar-refractivity contribution >= 4 is 45.6 Å². The van der Waals surface area contributed by atoms with Gasteiger partial charge in [-0.1, -0.05) is 0 Å². The monoisotopic (exact) mass is 410 g/mol. The summed E-state index contributed by atoms with van der Waals surface area (Å²) in [5.41, 5.74) is 23.1. The quantitative estimate of drug-likeness (QED) is 0.318. The van der Waals surface area contributed by atoms with Gasteiger partial charge in [0, 0.05) is 34.5 Å². The lowest BCUT2D eigenvalue weighted by molar-refractivity contribution is -0.111. The predicted molar refractivity (Wildman–Crippen MR) is 128 cm³/mol. The minimum absolute atomic E-state index is 0.175. The van der Waals surface area contributed by atoms with Gasteiger partial charge in [0.05, 0.1) is 22.8 Å². The number of nitrogens with zero attached hydrogens (tertiary/aromatic N) is 1. The summed E-state index contributed by atoms with van der Waals surface area (Å²) < 4.78 is 0. The molecule has 0 saturated heterocycles. The molecule has 0 aliphatic heterocycles. The van der Waals surface area contributed by atoms with E-state index in [0.717, 1.165) is 11.4 Å². The van der Waals surface area contributed by atoms with E-state index in [1.165, 1.54) is 6.08 Å². The summed E-state index contributed by atoms with van der Waals surface area (Å²) in [7, 11) is 0. The van der Waals surface area contributed by atoms with Gasteiger partial charge in [0.25, 0.3) is 0 Å². The maximum atomic E-state index is 12.8. The number of ketones is 1. The second-order valence-corrected chi connectivity index (χ2v) is 7.06. The summed E-state index contributed by atoms with van der Waals surface area (Å²) in [5, 5.41) is 6.39. The molecule has 8 N–H and O–H groups in total. The second-order valence-electron chi connectivity index (χ2n) is 7.06. The largest absolute Gasteiger partial charge is 0.399 e. The van der Waals surface area contributed by atoms with Crippen LogP contribution in [0.1, 0.15) is 0 Å². The van der Waals surface area contributed by atoms with Crippen molar-refractivity contribution in [2.24, 2.45) is 4.99 Å². The van der Waals surface area contributed by atoms with Crippen LogP contribution in [0.25, 0.3) is 0 Å². The van der Waals surface area contributed by atoms with E-state index in [9.17, 15) is 4.79 Å². The molecule has 0 amide bonds. The van der Waals surface area contributed by atoms with Gasteiger partial charge < -0.3 is 27.8 Å². The molecule has 4 rings (SSSR count). The summed E-state index contributed by atoms with van der Waals surface area (Å²) in [4.78, 5) is 17.5. The first-order valence-corrected chi connectivity index (χ1v) is 9.64. The Balaban J connectivity index is 1.68. The zero-order chi connectivity index (χ0) is 21.8. The van der Waals surface area contributed by atoms with Gasteiger partial charge in [-0.3, -0.25) is 4.79 Å². The van der Waals surface area contributed by atoms with Crippen molar-refractivity contribution in [2.75, 3.05) is 27.8 Å². The molecule has 3 aromatic rings. The number of nitrogens with one attached hydrogen (secondary N) is 2. The van der Waals surface area contributed by atoms with Crippen LogP contribution in [0.5, 0.6) is 0 Å². The number of anilines is 5. The van der Waals surface area contributed by atoms with E-state index < -0.39 is 0 Å². The van der Waals surface area contributed by atoms with Gasteiger partial charge >= 0.3 is 0 Å². The maximum absolute atomic E-state index is 12.8. The van der Waals surface area contributed by atoms with Crippen LogP contribution < -0.4 is 27.8 Å². The van der Waals surface area contributed by atoms with Gasteiger partial charge in [-0.05, 0) is 78.9 Å². The van der Waals surface area contributed by atoms with Crippen LogP contribution in [-0.2, 0) is 4.79 Å². The number of rotatable bonds is 5. The Labute approximate surface area is 180 Å². The Morgan fingerprint density at radius 2 is 1.03 bits per heavy atom. The Kier molecular flexibility index (Phi) is 5.40. The van der Waals surface area contributed by atoms with E-state index in [4.69, 9.17) is 22.2 Å². The first kappa shape index (κ1) is 19.8. The van der Waals surface area contributed by atoms with Crippen LogP contribution >= 0.6 is 0 Å². The molecule has 7 heteroatoms. The fraction of sp³-hybridized carbons (Fsp3) is 0. The molecule has 7 nitrogen and oxygen atoms in total. The highest BCUT2D eigenvalue weighted by Gasteiger charge is 2.20. The molecular formula is C24H22N6O. The number of nitrogen functional groups attached to an aromatic ring is 3. The topological polar surface area (TPSA) is 132 Å². The normalized spacial score (nSPS) is 14.7. The molecule has 31 heavy (non-hydrogen) atoms. The van der Waals surface area contributed by atoms with E-state index in [2.05, 4.69) is 10.6 Å². The molecule has 0 aromatic heterocycles. The molecule has 0 saturated carbocycles. The highest BCUT2D eigenvalue weighted by Crippen LogP contribution is 2.23. The van der Waals surface area contributed by atoms with Crippen LogP contribution in [0.2, 0.25) is 0 Å². The van der Waals surface area contributed by atoms with Crippen LogP contribution in [0.4, 0.5) is 34.1 Å². The third kappa shape index (κ3) is 4.91. The Morgan fingerprint density at radius 3 is 1.55 bits per heavy atom. The maximum Gasteiger partial charge on any atom is 0.204 e. The van der Waals surface area contributed by atoms with Gasteiger partial charge in [0.2, 0.25) is 5.78 Å². The number of carbonyl (C=O) groups excluding carboxylic acids is 1. The molecule has 3 aromatic carbocycles. The molecule has 0 spiro atoms. The fourth-order valence-electron chi connectivity index (χ4n) is 2.99. The van der Waals surface area contributed by atoms with Gasteiger partial charge in [-0.2, -0.15) is 0 Å². The summed E-state index contributed by atoms with van der Waals surface area (Å²) in [6.45, 7) is 0. The van der Waals surface area contributed by atoms with Crippen molar-refractivity contribution in [3.8, 4) is 0 Å². The van der Waals surface area contributed by atoms with E-state index in [0.29, 0.717) is 39.9 Å². The van der Waals surface area contributed by atoms with Crippen molar-refractivity contribution in [3.05, 3.63) is 96.3 Å². The molecule has 1 aliphatic rings. The third-order valence-electron chi connectivity index (χ3n) is 4.62. The fourth-order valence-corrected chi connectivity index (χ4v) is 2.99. The van der Waals surface area contributed by atoms with E-state index in [1.807, 2.05) is 36.4 Å². The molecule has 0 fully saturated rings. The average molecular weight is 410 g/mol. The van der Waals surface area contributed by atoms with Crippen LogP contribution in [0.15, 0.2) is 101 Å². The highest BCUT2D eigenvalue weighted by molar-refractivity contribution is 6.24. The number of nitrogens with two attached hydrogens (primary N) is 3. The molecule has 0 bridgehead atoms. The lowest BCUT2D eigenvalue weighted by atomic mass is 10.0. The molecule has 0 radical (unpaired) electrons. The lowest BCUT2D eigenvalue weighted by Crippen LogP contribution is -2.22. The van der Waals surface area contributed by atoms with Crippen LogP contribution in [0.3, 0.4) is 0 Å².